The number of hydrogen-bond acceptors (Lipinski definition) is 9. The molecule has 3 heterocycles. The number of nitrogens with zero attached hydrogens (tertiary/aromatic N) is 3. The Morgan fingerprint density at radius 2 is 1.69 bits per heavy atom. The first kappa shape index (κ1) is 38.5. The Labute approximate surface area is 295 Å². The van der Waals surface area contributed by atoms with E-state index < -0.39 is 29.2 Å². The Morgan fingerprint density at radius 3 is 2.27 bits per heavy atom. The first-order valence-electron chi connectivity index (χ1n) is 17.4. The molecule has 2 aliphatic rings. The maximum absolute atomic E-state index is 14.0. The average Bonchev–Trinajstić information content (AvgIpc) is 3.63. The average molecular weight is 698 g/mol. The zero-order valence-electron chi connectivity index (χ0n) is 30.4. The normalized spacial score (nSPS) is 20.5. The number of rotatable bonds is 11. The SMILES string of the molecule is Cc1ncsc1-c1ccc([C@H](C)NC(=O)[C@@H]2C[C@@H](O)CN2C(=O)[C@@H](NC(=O)CN2CCC(CCC(=O)OC(C)(C)C)CC2)C(C)(C)C)cc1. The lowest BCUT2D eigenvalue weighted by Crippen LogP contribution is -2.59. The van der Waals surface area contributed by atoms with Gasteiger partial charge in [0, 0.05) is 19.4 Å². The van der Waals surface area contributed by atoms with Crippen molar-refractivity contribution in [2.75, 3.05) is 26.2 Å². The van der Waals surface area contributed by atoms with E-state index in [9.17, 15) is 24.3 Å². The van der Waals surface area contributed by atoms with Crippen molar-refractivity contribution in [2.24, 2.45) is 11.3 Å². The third kappa shape index (κ3) is 10.8. The number of nitrogens with one attached hydrogen (secondary N) is 2. The Bertz CT molecular complexity index is 1450. The summed E-state index contributed by atoms with van der Waals surface area (Å²) in [5.74, 6) is -0.758. The van der Waals surface area contributed by atoms with E-state index in [1.807, 2.05) is 85.2 Å². The van der Waals surface area contributed by atoms with Gasteiger partial charge in [0.15, 0.2) is 0 Å². The minimum absolute atomic E-state index is 0.0213. The van der Waals surface area contributed by atoms with Crippen LogP contribution in [0.15, 0.2) is 29.8 Å². The number of carbonyl (C=O) groups is 4. The van der Waals surface area contributed by atoms with Crippen LogP contribution in [-0.2, 0) is 23.9 Å². The number of thiazole rings is 1. The number of hydrogen-bond donors (Lipinski definition) is 3. The van der Waals surface area contributed by atoms with Gasteiger partial charge in [0.05, 0.1) is 34.8 Å². The molecule has 0 unspecified atom stereocenters. The molecular formula is C37H55N5O6S. The van der Waals surface area contributed by atoms with E-state index in [1.54, 1.807) is 11.3 Å². The van der Waals surface area contributed by atoms with Crippen molar-refractivity contribution in [2.45, 2.75) is 117 Å². The van der Waals surface area contributed by atoms with Gasteiger partial charge in [-0.1, -0.05) is 45.0 Å². The Hall–Kier alpha value is -3.35. The molecule has 0 spiro atoms. The highest BCUT2D eigenvalue weighted by molar-refractivity contribution is 7.13. The molecule has 3 N–H and O–H groups in total. The largest absolute Gasteiger partial charge is 0.460 e. The van der Waals surface area contributed by atoms with Crippen molar-refractivity contribution in [3.05, 3.63) is 41.0 Å². The zero-order chi connectivity index (χ0) is 36.1. The predicted octanol–water partition coefficient (Wildman–Crippen LogP) is 4.62. The van der Waals surface area contributed by atoms with Crippen LogP contribution in [0.4, 0.5) is 0 Å². The molecule has 0 bridgehead atoms. The maximum Gasteiger partial charge on any atom is 0.306 e. The zero-order valence-corrected chi connectivity index (χ0v) is 31.2. The fourth-order valence-electron chi connectivity index (χ4n) is 6.57. The highest BCUT2D eigenvalue weighted by atomic mass is 32.1. The fourth-order valence-corrected chi connectivity index (χ4v) is 7.38. The summed E-state index contributed by atoms with van der Waals surface area (Å²) in [6, 6.07) is 5.92. The van der Waals surface area contributed by atoms with Crippen molar-refractivity contribution >= 4 is 35.0 Å². The number of benzene rings is 1. The number of aliphatic hydroxyl groups is 1. The van der Waals surface area contributed by atoms with Crippen molar-refractivity contribution in [1.82, 2.24) is 25.4 Å². The number of likely N-dealkylation sites (tertiary alicyclic amines) is 2. The number of aromatic nitrogens is 1. The van der Waals surface area contributed by atoms with E-state index in [2.05, 4.69) is 20.5 Å². The molecule has 0 saturated carbocycles. The van der Waals surface area contributed by atoms with Crippen LogP contribution in [0.2, 0.25) is 0 Å². The summed E-state index contributed by atoms with van der Waals surface area (Å²) in [5, 5.41) is 16.6. The van der Waals surface area contributed by atoms with Gasteiger partial charge in [-0.05, 0) is 89.4 Å². The number of β-amino-alcohol motifs (C(OH)–C–C–N with tert-alkyl or cyclic N) is 1. The molecular weight excluding hydrogens is 643 g/mol. The molecule has 2 aliphatic heterocycles. The van der Waals surface area contributed by atoms with Gasteiger partial charge in [0.25, 0.3) is 0 Å². The van der Waals surface area contributed by atoms with Gasteiger partial charge in [-0.25, -0.2) is 4.98 Å². The van der Waals surface area contributed by atoms with E-state index in [-0.39, 0.29) is 49.2 Å². The smallest absolute Gasteiger partial charge is 0.306 e. The summed E-state index contributed by atoms with van der Waals surface area (Å²) in [5.41, 5.74) is 3.65. The number of amides is 3. The first-order valence-corrected chi connectivity index (χ1v) is 18.3. The lowest BCUT2D eigenvalue weighted by molar-refractivity contribution is -0.155. The van der Waals surface area contributed by atoms with E-state index in [1.165, 1.54) is 4.90 Å². The van der Waals surface area contributed by atoms with Gasteiger partial charge < -0.3 is 25.4 Å². The number of esters is 1. The summed E-state index contributed by atoms with van der Waals surface area (Å²) >= 11 is 1.58. The van der Waals surface area contributed by atoms with E-state index in [0.29, 0.717) is 12.3 Å². The minimum atomic E-state index is -0.882. The van der Waals surface area contributed by atoms with E-state index >= 15 is 0 Å². The fraction of sp³-hybridized carbons (Fsp3) is 0.649. The van der Waals surface area contributed by atoms with Crippen molar-refractivity contribution in [1.29, 1.82) is 0 Å². The molecule has 4 rings (SSSR count). The quantitative estimate of drug-likeness (QED) is 0.289. The molecule has 1 aromatic heterocycles. The van der Waals surface area contributed by atoms with Crippen LogP contribution >= 0.6 is 11.3 Å². The van der Waals surface area contributed by atoms with Gasteiger partial charge in [0.2, 0.25) is 17.7 Å². The van der Waals surface area contributed by atoms with Gasteiger partial charge in [-0.15, -0.1) is 11.3 Å². The molecule has 2 saturated heterocycles. The van der Waals surface area contributed by atoms with Crippen LogP contribution in [0.3, 0.4) is 0 Å². The summed E-state index contributed by atoms with van der Waals surface area (Å²) in [6.07, 6.45) is 2.21. The van der Waals surface area contributed by atoms with Crippen LogP contribution in [0.1, 0.15) is 97.9 Å². The maximum atomic E-state index is 14.0. The molecule has 4 atom stereocenters. The minimum Gasteiger partial charge on any atom is -0.460 e. The van der Waals surface area contributed by atoms with Crippen LogP contribution in [-0.4, -0.2) is 93.5 Å². The van der Waals surface area contributed by atoms with E-state index in [0.717, 1.165) is 54.0 Å². The van der Waals surface area contributed by atoms with Crippen molar-refractivity contribution < 1.29 is 29.0 Å². The van der Waals surface area contributed by atoms with E-state index in [4.69, 9.17) is 4.74 Å². The standard InChI is InChI=1S/C37H55N5O6S/c1-23(26-10-12-27(13-11-26)32-24(2)38-22-49-32)39-34(46)29-19-28(43)20-42(29)35(47)33(36(3,4)5)40-30(44)21-41-17-15-25(16-18-41)9-14-31(45)48-37(6,7)8/h10-13,22-23,25,28-29,33,43H,9,14-21H2,1-8H3,(H,39,46)(H,40,44)/t23-,28+,29-,33+/m0/s1. The number of carbonyl (C=O) groups excluding carboxylic acids is 4. The molecule has 3 amide bonds. The first-order chi connectivity index (χ1) is 22.9. The van der Waals surface area contributed by atoms with Gasteiger partial charge in [0.1, 0.15) is 17.7 Å². The highest BCUT2D eigenvalue weighted by Gasteiger charge is 2.44. The Morgan fingerprint density at radius 1 is 1.04 bits per heavy atom. The molecule has 270 valence electrons. The number of piperidine rings is 1. The second-order valence-electron chi connectivity index (χ2n) is 15.7. The Balaban J connectivity index is 1.32. The number of aryl methyl sites for hydroxylation is 1. The molecule has 11 nitrogen and oxygen atoms in total. The molecule has 0 aliphatic carbocycles. The molecule has 1 aromatic carbocycles. The van der Waals surface area contributed by atoms with Gasteiger partial charge in [-0.2, -0.15) is 0 Å². The van der Waals surface area contributed by atoms with Gasteiger partial charge >= 0.3 is 5.97 Å². The summed E-state index contributed by atoms with van der Waals surface area (Å²) in [4.78, 5) is 62.0. The third-order valence-electron chi connectivity index (χ3n) is 9.31. The number of aliphatic hydroxyl groups excluding tert-OH is 1. The van der Waals surface area contributed by atoms with Crippen LogP contribution in [0.5, 0.6) is 0 Å². The topological polar surface area (TPSA) is 141 Å². The van der Waals surface area contributed by atoms with Crippen LogP contribution < -0.4 is 10.6 Å². The van der Waals surface area contributed by atoms with Crippen LogP contribution in [0, 0.1) is 18.3 Å². The summed E-state index contributed by atoms with van der Waals surface area (Å²) in [7, 11) is 0. The molecule has 2 fully saturated rings. The molecule has 2 aromatic rings. The second kappa shape index (κ2) is 16.1. The molecule has 12 heteroatoms. The van der Waals surface area contributed by atoms with Gasteiger partial charge in [-0.3, -0.25) is 24.1 Å². The lowest BCUT2D eigenvalue weighted by Gasteiger charge is -2.36. The summed E-state index contributed by atoms with van der Waals surface area (Å²) in [6.45, 7) is 16.7. The Kier molecular flexibility index (Phi) is 12.6. The lowest BCUT2D eigenvalue weighted by atomic mass is 9.85. The third-order valence-corrected chi connectivity index (χ3v) is 10.3. The van der Waals surface area contributed by atoms with Crippen LogP contribution in [0.25, 0.3) is 10.4 Å². The number of ether oxygens (including phenoxy) is 1. The molecule has 49 heavy (non-hydrogen) atoms. The monoisotopic (exact) mass is 697 g/mol. The predicted molar refractivity (Wildman–Crippen MR) is 191 cm³/mol. The molecule has 0 radical (unpaired) electrons. The van der Waals surface area contributed by atoms with Crippen molar-refractivity contribution in [3.8, 4) is 10.4 Å². The second-order valence-corrected chi connectivity index (χ2v) is 16.6. The summed E-state index contributed by atoms with van der Waals surface area (Å²) < 4.78 is 5.43. The highest BCUT2D eigenvalue weighted by Crippen LogP contribution is 2.30. The van der Waals surface area contributed by atoms with Crippen molar-refractivity contribution in [3.63, 3.8) is 0 Å².